The van der Waals surface area contributed by atoms with E-state index < -0.39 is 15.4 Å². The summed E-state index contributed by atoms with van der Waals surface area (Å²) in [7, 11) is -3.87. The van der Waals surface area contributed by atoms with Gasteiger partial charge in [0.1, 0.15) is 4.90 Å². The zero-order valence-electron chi connectivity index (χ0n) is 12.2. The Bertz CT molecular complexity index is 635. The van der Waals surface area contributed by atoms with Crippen molar-refractivity contribution < 1.29 is 13.2 Å². The number of primary sulfonamides is 1. The van der Waals surface area contributed by atoms with Gasteiger partial charge in [-0.1, -0.05) is 26.0 Å². The molecule has 1 heterocycles. The van der Waals surface area contributed by atoms with Gasteiger partial charge >= 0.3 is 0 Å². The maximum atomic E-state index is 12.7. The van der Waals surface area contributed by atoms with Crippen LogP contribution >= 0.6 is 0 Å². The Balaban J connectivity index is 2.32. The van der Waals surface area contributed by atoms with Crippen molar-refractivity contribution in [3.05, 3.63) is 24.3 Å². The van der Waals surface area contributed by atoms with E-state index >= 15 is 0 Å². The molecule has 116 valence electrons. The normalized spacial score (nSPS) is 22.5. The third-order valence-corrected chi connectivity index (χ3v) is 5.16. The number of amides is 1. The average molecular weight is 311 g/mol. The molecule has 4 N–H and O–H groups in total. The molecular weight excluding hydrogens is 290 g/mol. The van der Waals surface area contributed by atoms with Gasteiger partial charge in [-0.3, -0.25) is 4.79 Å². The largest absolute Gasteiger partial charge is 0.324 e. The van der Waals surface area contributed by atoms with E-state index in [0.29, 0.717) is 6.54 Å². The van der Waals surface area contributed by atoms with E-state index in [-0.39, 0.29) is 22.4 Å². The van der Waals surface area contributed by atoms with Crippen LogP contribution in [0.5, 0.6) is 0 Å². The van der Waals surface area contributed by atoms with Crippen LogP contribution in [0.15, 0.2) is 29.2 Å². The highest BCUT2D eigenvalue weighted by Gasteiger charge is 2.44. The zero-order chi connectivity index (χ0) is 15.7. The number of carbonyl (C=O) groups is 1. The lowest BCUT2D eigenvalue weighted by Gasteiger charge is -2.31. The van der Waals surface area contributed by atoms with Crippen LogP contribution in [0.1, 0.15) is 20.3 Å². The number of nitrogens with two attached hydrogens (primary N) is 1. The van der Waals surface area contributed by atoms with Gasteiger partial charge in [-0.15, -0.1) is 0 Å². The molecule has 21 heavy (non-hydrogen) atoms. The highest BCUT2D eigenvalue weighted by atomic mass is 32.2. The molecule has 1 aliphatic heterocycles. The van der Waals surface area contributed by atoms with E-state index in [1.165, 1.54) is 6.07 Å². The van der Waals surface area contributed by atoms with Gasteiger partial charge in [0.05, 0.1) is 11.1 Å². The maximum Gasteiger partial charge on any atom is 0.240 e. The van der Waals surface area contributed by atoms with Crippen LogP contribution in [0.2, 0.25) is 0 Å². The molecular formula is C14H21N3O3S. The first-order valence-electron chi connectivity index (χ1n) is 6.91. The molecule has 1 aromatic rings. The van der Waals surface area contributed by atoms with Crippen LogP contribution in [0, 0.1) is 11.3 Å². The second kappa shape index (κ2) is 5.75. The lowest BCUT2D eigenvalue weighted by atomic mass is 9.75. The fourth-order valence-corrected chi connectivity index (χ4v) is 3.42. The Morgan fingerprint density at radius 1 is 1.38 bits per heavy atom. The van der Waals surface area contributed by atoms with Crippen molar-refractivity contribution in [2.45, 2.75) is 25.2 Å². The minimum absolute atomic E-state index is 0.0665. The van der Waals surface area contributed by atoms with E-state index in [0.717, 1.165) is 13.0 Å². The van der Waals surface area contributed by atoms with Gasteiger partial charge < -0.3 is 10.6 Å². The van der Waals surface area contributed by atoms with Crippen LogP contribution in [-0.4, -0.2) is 27.4 Å². The number of sulfonamides is 1. The third kappa shape index (κ3) is 3.09. The molecule has 1 aliphatic rings. The van der Waals surface area contributed by atoms with Crippen molar-refractivity contribution >= 4 is 21.6 Å². The Hall–Kier alpha value is -1.44. The number of carbonyl (C=O) groups excluding carboxylic acids is 1. The van der Waals surface area contributed by atoms with E-state index in [1.807, 2.05) is 13.8 Å². The number of para-hydroxylation sites is 1. The van der Waals surface area contributed by atoms with Crippen molar-refractivity contribution in [1.29, 1.82) is 0 Å². The van der Waals surface area contributed by atoms with E-state index in [2.05, 4.69) is 10.6 Å². The molecule has 6 nitrogen and oxygen atoms in total. The minimum Gasteiger partial charge on any atom is -0.324 e. The molecule has 0 aliphatic carbocycles. The van der Waals surface area contributed by atoms with Crippen molar-refractivity contribution in [3.63, 3.8) is 0 Å². The highest BCUT2D eigenvalue weighted by Crippen LogP contribution is 2.36. The summed E-state index contributed by atoms with van der Waals surface area (Å²) in [4.78, 5) is 12.6. The molecule has 0 aromatic heterocycles. The number of nitrogens with one attached hydrogen (secondary N) is 2. The highest BCUT2D eigenvalue weighted by molar-refractivity contribution is 7.89. The summed E-state index contributed by atoms with van der Waals surface area (Å²) in [6.07, 6.45) is 0.730. The maximum absolute atomic E-state index is 12.7. The predicted octanol–water partition coefficient (Wildman–Crippen LogP) is 0.908. The fourth-order valence-electron chi connectivity index (χ4n) is 2.72. The molecule has 1 saturated heterocycles. The first kappa shape index (κ1) is 15.9. The van der Waals surface area contributed by atoms with E-state index in [1.54, 1.807) is 18.2 Å². The monoisotopic (exact) mass is 311 g/mol. The molecule has 0 spiro atoms. The van der Waals surface area contributed by atoms with Gasteiger partial charge in [-0.2, -0.15) is 0 Å². The average Bonchev–Trinajstić information content (AvgIpc) is 2.88. The topological polar surface area (TPSA) is 101 Å². The van der Waals surface area contributed by atoms with Crippen LogP contribution in [-0.2, 0) is 14.8 Å². The van der Waals surface area contributed by atoms with Gasteiger partial charge in [0, 0.05) is 6.54 Å². The zero-order valence-corrected chi connectivity index (χ0v) is 13.0. The van der Waals surface area contributed by atoms with Gasteiger partial charge in [0.2, 0.25) is 15.9 Å². The van der Waals surface area contributed by atoms with Gasteiger partial charge in [-0.25, -0.2) is 13.6 Å². The molecule has 1 atom stereocenters. The Labute approximate surface area is 125 Å². The Kier molecular flexibility index (Phi) is 4.36. The van der Waals surface area contributed by atoms with Gasteiger partial charge in [0.25, 0.3) is 0 Å². The summed E-state index contributed by atoms with van der Waals surface area (Å²) >= 11 is 0. The van der Waals surface area contributed by atoms with Crippen LogP contribution in [0.25, 0.3) is 0 Å². The Morgan fingerprint density at radius 2 is 2.05 bits per heavy atom. The molecule has 0 radical (unpaired) electrons. The van der Waals surface area contributed by atoms with Gasteiger partial charge in [0.15, 0.2) is 0 Å². The standard InChI is InChI=1S/C14H21N3O3S/c1-10(2)14(7-8-16-9-14)13(18)17-11-5-3-4-6-12(11)21(15,19)20/h3-6,10,16H,7-9H2,1-2H3,(H,17,18)(H2,15,19,20). The number of hydrogen-bond donors (Lipinski definition) is 3. The lowest BCUT2D eigenvalue weighted by molar-refractivity contribution is -0.126. The van der Waals surface area contributed by atoms with Crippen LogP contribution < -0.4 is 15.8 Å². The summed E-state index contributed by atoms with van der Waals surface area (Å²) in [6, 6.07) is 6.18. The van der Waals surface area contributed by atoms with Gasteiger partial charge in [-0.05, 0) is 31.0 Å². The smallest absolute Gasteiger partial charge is 0.240 e. The van der Waals surface area contributed by atoms with Crippen LogP contribution in [0.4, 0.5) is 5.69 Å². The van der Waals surface area contributed by atoms with E-state index in [4.69, 9.17) is 5.14 Å². The molecule has 0 bridgehead atoms. The number of hydrogen-bond acceptors (Lipinski definition) is 4. The molecule has 2 rings (SSSR count). The second-order valence-corrected chi connectivity index (χ2v) is 7.26. The fraction of sp³-hybridized carbons (Fsp3) is 0.500. The molecule has 1 aromatic carbocycles. The predicted molar refractivity (Wildman–Crippen MR) is 81.2 cm³/mol. The first-order chi connectivity index (χ1) is 9.77. The summed E-state index contributed by atoms with van der Waals surface area (Å²) < 4.78 is 23.2. The summed E-state index contributed by atoms with van der Waals surface area (Å²) in [6.45, 7) is 5.37. The van der Waals surface area contributed by atoms with Crippen molar-refractivity contribution in [1.82, 2.24) is 5.32 Å². The van der Waals surface area contributed by atoms with Crippen molar-refractivity contribution in [3.8, 4) is 0 Å². The number of rotatable bonds is 4. The molecule has 1 fully saturated rings. The lowest BCUT2D eigenvalue weighted by Crippen LogP contribution is -2.42. The summed E-state index contributed by atoms with van der Waals surface area (Å²) in [5.41, 5.74) is -0.289. The number of benzene rings is 1. The first-order valence-corrected chi connectivity index (χ1v) is 8.46. The summed E-state index contributed by atoms with van der Waals surface area (Å²) in [5.74, 6) is -0.0206. The van der Waals surface area contributed by atoms with Crippen LogP contribution in [0.3, 0.4) is 0 Å². The second-order valence-electron chi connectivity index (χ2n) is 5.73. The molecule has 0 saturated carbocycles. The SMILES string of the molecule is CC(C)C1(C(=O)Nc2ccccc2S(N)(=O)=O)CCNC1. The summed E-state index contributed by atoms with van der Waals surface area (Å²) in [5, 5.41) is 11.1. The molecule has 7 heteroatoms. The van der Waals surface area contributed by atoms with E-state index in [9.17, 15) is 13.2 Å². The quantitative estimate of drug-likeness (QED) is 0.769. The third-order valence-electron chi connectivity index (χ3n) is 4.19. The molecule has 1 amide bonds. The number of anilines is 1. The van der Waals surface area contributed by atoms with Crippen molar-refractivity contribution in [2.24, 2.45) is 16.5 Å². The molecule has 1 unspecified atom stereocenters. The Morgan fingerprint density at radius 3 is 2.57 bits per heavy atom. The van der Waals surface area contributed by atoms with Crippen molar-refractivity contribution in [2.75, 3.05) is 18.4 Å². The minimum atomic E-state index is -3.87.